The summed E-state index contributed by atoms with van der Waals surface area (Å²) in [5.41, 5.74) is 4.09. The van der Waals surface area contributed by atoms with Crippen molar-refractivity contribution in [3.05, 3.63) is 64.7 Å². The van der Waals surface area contributed by atoms with Crippen molar-refractivity contribution in [1.29, 1.82) is 0 Å². The summed E-state index contributed by atoms with van der Waals surface area (Å²) in [5, 5.41) is 3.38. The fourth-order valence-electron chi connectivity index (χ4n) is 2.22. The maximum Gasteiger partial charge on any atom is 0.123 e. The Morgan fingerprint density at radius 3 is 2.68 bits per heavy atom. The summed E-state index contributed by atoms with van der Waals surface area (Å²) in [7, 11) is 0. The topological polar surface area (TPSA) is 24.9 Å². The maximum atomic E-state index is 13.5. The van der Waals surface area contributed by atoms with E-state index in [0.717, 1.165) is 28.9 Å². The molecule has 0 saturated heterocycles. The van der Waals surface area contributed by atoms with Crippen LogP contribution in [-0.4, -0.2) is 11.5 Å². The van der Waals surface area contributed by atoms with E-state index in [1.54, 1.807) is 12.3 Å². The summed E-state index contributed by atoms with van der Waals surface area (Å²) in [6, 6.07) is 8.83. The first-order chi connectivity index (χ1) is 9.11. The Morgan fingerprint density at radius 2 is 2.00 bits per heavy atom. The molecular weight excluding hydrogens is 239 g/mol. The van der Waals surface area contributed by atoms with Crippen molar-refractivity contribution >= 4 is 0 Å². The summed E-state index contributed by atoms with van der Waals surface area (Å²) in [6.45, 7) is 6.87. The molecule has 0 radical (unpaired) electrons. The highest BCUT2D eigenvalue weighted by Gasteiger charge is 2.17. The van der Waals surface area contributed by atoms with Gasteiger partial charge in [0, 0.05) is 6.20 Å². The number of benzene rings is 1. The lowest BCUT2D eigenvalue weighted by molar-refractivity contribution is 0.592. The number of aryl methyl sites for hydroxylation is 2. The van der Waals surface area contributed by atoms with Crippen LogP contribution in [0.25, 0.3) is 0 Å². The molecule has 2 aromatic rings. The second kappa shape index (κ2) is 5.93. The van der Waals surface area contributed by atoms with Crippen LogP contribution in [0.4, 0.5) is 4.39 Å². The molecule has 0 aliphatic rings. The van der Waals surface area contributed by atoms with Crippen molar-refractivity contribution in [1.82, 2.24) is 10.3 Å². The van der Waals surface area contributed by atoms with Gasteiger partial charge in [-0.25, -0.2) is 4.39 Å². The number of rotatable bonds is 4. The summed E-state index contributed by atoms with van der Waals surface area (Å²) in [4.78, 5) is 4.42. The van der Waals surface area contributed by atoms with Crippen molar-refractivity contribution < 1.29 is 4.39 Å². The third-order valence-corrected chi connectivity index (χ3v) is 3.19. The molecule has 0 saturated carbocycles. The Kier molecular flexibility index (Phi) is 4.27. The number of halogens is 1. The number of nitrogens with zero attached hydrogens (tertiary/aromatic N) is 1. The molecule has 100 valence electrons. The van der Waals surface area contributed by atoms with Crippen LogP contribution in [0.5, 0.6) is 0 Å². The summed E-state index contributed by atoms with van der Waals surface area (Å²) in [6.07, 6.45) is 1.80. The van der Waals surface area contributed by atoms with Gasteiger partial charge in [-0.2, -0.15) is 0 Å². The van der Waals surface area contributed by atoms with E-state index in [1.165, 1.54) is 6.07 Å². The van der Waals surface area contributed by atoms with Gasteiger partial charge >= 0.3 is 0 Å². The quantitative estimate of drug-likeness (QED) is 0.907. The van der Waals surface area contributed by atoms with Crippen LogP contribution >= 0.6 is 0 Å². The van der Waals surface area contributed by atoms with E-state index in [0.29, 0.717) is 0 Å². The molecule has 0 amide bonds. The van der Waals surface area contributed by atoms with Crippen molar-refractivity contribution in [2.24, 2.45) is 0 Å². The molecule has 3 heteroatoms. The SMILES string of the molecule is CCNC(c1cc(C)ccn1)c1cc(F)ccc1C. The molecule has 1 unspecified atom stereocenters. The van der Waals surface area contributed by atoms with Crippen LogP contribution in [-0.2, 0) is 0 Å². The van der Waals surface area contributed by atoms with Gasteiger partial charge in [0.15, 0.2) is 0 Å². The van der Waals surface area contributed by atoms with Crippen LogP contribution in [0.3, 0.4) is 0 Å². The zero-order valence-electron chi connectivity index (χ0n) is 11.6. The normalized spacial score (nSPS) is 12.4. The molecular formula is C16H19FN2. The van der Waals surface area contributed by atoms with Gasteiger partial charge < -0.3 is 5.32 Å². The molecule has 1 N–H and O–H groups in total. The van der Waals surface area contributed by atoms with E-state index in [9.17, 15) is 4.39 Å². The first kappa shape index (κ1) is 13.7. The molecule has 0 bridgehead atoms. The largest absolute Gasteiger partial charge is 0.305 e. The molecule has 1 heterocycles. The lowest BCUT2D eigenvalue weighted by atomic mass is 9.97. The molecule has 2 rings (SSSR count). The Balaban J connectivity index is 2.48. The molecule has 1 aromatic heterocycles. The van der Waals surface area contributed by atoms with Crippen LogP contribution < -0.4 is 5.32 Å². The minimum absolute atomic E-state index is 0.0689. The molecule has 2 nitrogen and oxygen atoms in total. The van der Waals surface area contributed by atoms with E-state index in [4.69, 9.17) is 0 Å². The third kappa shape index (κ3) is 3.18. The fourth-order valence-corrected chi connectivity index (χ4v) is 2.22. The van der Waals surface area contributed by atoms with E-state index in [2.05, 4.69) is 10.3 Å². The van der Waals surface area contributed by atoms with Gasteiger partial charge in [-0.15, -0.1) is 0 Å². The standard InChI is InChI=1S/C16H19FN2/c1-4-18-16(15-9-11(2)7-8-19-15)14-10-13(17)6-5-12(14)3/h5-10,16,18H,4H2,1-3H3. The maximum absolute atomic E-state index is 13.5. The van der Waals surface area contributed by atoms with Gasteiger partial charge in [-0.05, 0) is 61.3 Å². The van der Waals surface area contributed by atoms with Crippen molar-refractivity contribution in [2.45, 2.75) is 26.8 Å². The molecule has 0 spiro atoms. The Morgan fingerprint density at radius 1 is 1.21 bits per heavy atom. The molecule has 1 atom stereocenters. The molecule has 19 heavy (non-hydrogen) atoms. The molecule has 0 aliphatic heterocycles. The highest BCUT2D eigenvalue weighted by atomic mass is 19.1. The molecule has 1 aromatic carbocycles. The van der Waals surface area contributed by atoms with Crippen molar-refractivity contribution in [2.75, 3.05) is 6.54 Å². The van der Waals surface area contributed by atoms with Gasteiger partial charge in [0.1, 0.15) is 5.82 Å². The van der Waals surface area contributed by atoms with Gasteiger partial charge in [-0.1, -0.05) is 13.0 Å². The molecule has 0 fully saturated rings. The van der Waals surface area contributed by atoms with Gasteiger partial charge in [0.25, 0.3) is 0 Å². The van der Waals surface area contributed by atoms with Crippen molar-refractivity contribution in [3.63, 3.8) is 0 Å². The zero-order chi connectivity index (χ0) is 13.8. The van der Waals surface area contributed by atoms with Crippen LogP contribution in [0.15, 0.2) is 36.5 Å². The number of nitrogens with one attached hydrogen (secondary N) is 1. The Bertz CT molecular complexity index is 566. The van der Waals surface area contributed by atoms with E-state index < -0.39 is 0 Å². The second-order valence-corrected chi connectivity index (χ2v) is 4.75. The van der Waals surface area contributed by atoms with Crippen LogP contribution in [0.2, 0.25) is 0 Å². The van der Waals surface area contributed by atoms with E-state index in [1.807, 2.05) is 39.0 Å². The summed E-state index contributed by atoms with van der Waals surface area (Å²) < 4.78 is 13.5. The van der Waals surface area contributed by atoms with E-state index >= 15 is 0 Å². The van der Waals surface area contributed by atoms with Crippen LogP contribution in [0.1, 0.15) is 35.3 Å². The highest BCUT2D eigenvalue weighted by Crippen LogP contribution is 2.24. The number of pyridine rings is 1. The van der Waals surface area contributed by atoms with Crippen LogP contribution in [0, 0.1) is 19.7 Å². The van der Waals surface area contributed by atoms with Gasteiger partial charge in [0.2, 0.25) is 0 Å². The number of aromatic nitrogens is 1. The Labute approximate surface area is 113 Å². The Hall–Kier alpha value is -1.74. The average molecular weight is 258 g/mol. The highest BCUT2D eigenvalue weighted by molar-refractivity contribution is 5.35. The first-order valence-electron chi connectivity index (χ1n) is 6.53. The fraction of sp³-hybridized carbons (Fsp3) is 0.312. The van der Waals surface area contributed by atoms with Crippen molar-refractivity contribution in [3.8, 4) is 0 Å². The predicted molar refractivity (Wildman–Crippen MR) is 75.6 cm³/mol. The monoisotopic (exact) mass is 258 g/mol. The average Bonchev–Trinajstić information content (AvgIpc) is 2.39. The number of hydrogen-bond acceptors (Lipinski definition) is 2. The third-order valence-electron chi connectivity index (χ3n) is 3.19. The predicted octanol–water partition coefficient (Wildman–Crippen LogP) is 3.54. The summed E-state index contributed by atoms with van der Waals surface area (Å²) in [5.74, 6) is -0.212. The second-order valence-electron chi connectivity index (χ2n) is 4.75. The van der Waals surface area contributed by atoms with E-state index in [-0.39, 0.29) is 11.9 Å². The lowest BCUT2D eigenvalue weighted by Gasteiger charge is -2.20. The smallest absolute Gasteiger partial charge is 0.123 e. The minimum Gasteiger partial charge on any atom is -0.305 e. The minimum atomic E-state index is -0.212. The van der Waals surface area contributed by atoms with Gasteiger partial charge in [0.05, 0.1) is 11.7 Å². The van der Waals surface area contributed by atoms with Gasteiger partial charge in [-0.3, -0.25) is 4.98 Å². The lowest BCUT2D eigenvalue weighted by Crippen LogP contribution is -2.24. The number of hydrogen-bond donors (Lipinski definition) is 1. The summed E-state index contributed by atoms with van der Waals surface area (Å²) >= 11 is 0. The first-order valence-corrected chi connectivity index (χ1v) is 6.53. The zero-order valence-corrected chi connectivity index (χ0v) is 11.6. The molecule has 0 aliphatic carbocycles.